The van der Waals surface area contributed by atoms with Crippen molar-refractivity contribution in [3.8, 4) is 11.5 Å². The average Bonchev–Trinajstić information content (AvgIpc) is 3.31. The summed E-state index contributed by atoms with van der Waals surface area (Å²) in [6.45, 7) is 0. The van der Waals surface area contributed by atoms with Crippen LogP contribution < -0.4 is 21.1 Å². The molecule has 3 aromatic carbocycles. The Balaban J connectivity index is 1.61. The predicted octanol–water partition coefficient (Wildman–Crippen LogP) is 6.33. The quantitative estimate of drug-likeness (QED) is 0.286. The highest BCUT2D eigenvalue weighted by atomic mass is 127. The Bertz CT molecular complexity index is 1250. The molecule has 0 aromatic heterocycles. The van der Waals surface area contributed by atoms with Crippen molar-refractivity contribution < 1.29 is 23.1 Å². The second-order valence-corrected chi connectivity index (χ2v) is 9.29. The lowest BCUT2D eigenvalue weighted by molar-refractivity contribution is -0.119. The van der Waals surface area contributed by atoms with Crippen LogP contribution in [0.1, 0.15) is 36.0 Å². The lowest BCUT2D eigenvalue weighted by Crippen LogP contribution is -2.20. The van der Waals surface area contributed by atoms with E-state index in [1.807, 2.05) is 22.6 Å². The minimum atomic E-state index is -0.880. The highest BCUT2D eigenvalue weighted by molar-refractivity contribution is 14.1. The van der Waals surface area contributed by atoms with E-state index in [1.54, 1.807) is 30.3 Å². The van der Waals surface area contributed by atoms with Crippen LogP contribution in [0, 0.1) is 21.1 Å². The van der Waals surface area contributed by atoms with Crippen LogP contribution in [0.3, 0.4) is 0 Å². The highest BCUT2D eigenvalue weighted by Gasteiger charge is 2.23. The minimum absolute atomic E-state index is 0.00967. The standard InChI is InChI=1S/C25H22F2IN3O3/c26-15-10-21(31-20-9-8-16(28)12-19(20)27)23(24(29)32)22(11-15)34-18-7-3-6-17(13-18)30-25(33)14-4-1-2-5-14/h3,6-14,31H,1-2,4-5H2,(H2,29,32)(H,30,33). The van der Waals surface area contributed by atoms with Gasteiger partial charge in [0.2, 0.25) is 5.91 Å². The molecule has 4 N–H and O–H groups in total. The van der Waals surface area contributed by atoms with Crippen LogP contribution in [0.4, 0.5) is 25.8 Å². The first-order chi connectivity index (χ1) is 16.3. The molecular weight excluding hydrogens is 555 g/mol. The molecule has 1 aliphatic rings. The van der Waals surface area contributed by atoms with Crippen molar-refractivity contribution in [3.63, 3.8) is 0 Å². The summed E-state index contributed by atoms with van der Waals surface area (Å²) in [6.07, 6.45) is 3.81. The van der Waals surface area contributed by atoms with E-state index in [-0.39, 0.29) is 40.3 Å². The summed E-state index contributed by atoms with van der Waals surface area (Å²) in [5.41, 5.74) is 5.97. The molecule has 34 heavy (non-hydrogen) atoms. The number of ether oxygens (including phenoxy) is 1. The SMILES string of the molecule is NC(=O)c1c(Nc2ccc(I)cc2F)cc(F)cc1Oc1cccc(NC(=O)C2CCCC2)c1. The molecule has 2 amide bonds. The average molecular weight is 577 g/mol. The number of anilines is 3. The predicted molar refractivity (Wildman–Crippen MR) is 134 cm³/mol. The Morgan fingerprint density at radius 3 is 2.47 bits per heavy atom. The number of hydrogen-bond donors (Lipinski definition) is 3. The van der Waals surface area contributed by atoms with Crippen LogP contribution >= 0.6 is 22.6 Å². The molecular formula is C25H22F2IN3O3. The molecule has 1 fully saturated rings. The van der Waals surface area contributed by atoms with Crippen molar-refractivity contribution in [2.75, 3.05) is 10.6 Å². The van der Waals surface area contributed by atoms with Crippen LogP contribution in [-0.2, 0) is 4.79 Å². The molecule has 0 bridgehead atoms. The highest BCUT2D eigenvalue weighted by Crippen LogP contribution is 2.35. The third kappa shape index (κ3) is 5.64. The fraction of sp³-hybridized carbons (Fsp3) is 0.200. The smallest absolute Gasteiger partial charge is 0.254 e. The fourth-order valence-corrected chi connectivity index (χ4v) is 4.40. The van der Waals surface area contributed by atoms with Crippen LogP contribution in [-0.4, -0.2) is 11.8 Å². The molecule has 0 heterocycles. The van der Waals surface area contributed by atoms with Crippen LogP contribution in [0.2, 0.25) is 0 Å². The summed E-state index contributed by atoms with van der Waals surface area (Å²) < 4.78 is 35.3. The van der Waals surface area contributed by atoms with Crippen molar-refractivity contribution >= 4 is 51.5 Å². The van der Waals surface area contributed by atoms with E-state index in [9.17, 15) is 18.4 Å². The Kier molecular flexibility index (Phi) is 7.30. The third-order valence-electron chi connectivity index (χ3n) is 5.57. The largest absolute Gasteiger partial charge is 0.456 e. The molecule has 0 atom stereocenters. The van der Waals surface area contributed by atoms with Gasteiger partial charge in [-0.3, -0.25) is 9.59 Å². The van der Waals surface area contributed by atoms with Crippen molar-refractivity contribution in [3.05, 3.63) is 75.4 Å². The lowest BCUT2D eigenvalue weighted by atomic mass is 10.1. The molecule has 1 aliphatic carbocycles. The summed E-state index contributed by atoms with van der Waals surface area (Å²) in [6, 6.07) is 13.1. The maximum Gasteiger partial charge on any atom is 0.254 e. The fourth-order valence-electron chi connectivity index (χ4n) is 3.95. The number of rotatable bonds is 7. The number of amides is 2. The monoisotopic (exact) mass is 577 g/mol. The Hall–Kier alpha value is -3.21. The Labute approximate surface area is 209 Å². The zero-order valence-electron chi connectivity index (χ0n) is 18.0. The van der Waals surface area contributed by atoms with Gasteiger partial charge < -0.3 is 21.1 Å². The van der Waals surface area contributed by atoms with Crippen LogP contribution in [0.15, 0.2) is 54.6 Å². The van der Waals surface area contributed by atoms with Gasteiger partial charge in [-0.2, -0.15) is 0 Å². The molecule has 4 rings (SSSR count). The van der Waals surface area contributed by atoms with E-state index in [2.05, 4.69) is 10.6 Å². The number of hydrogen-bond acceptors (Lipinski definition) is 4. The van der Waals surface area contributed by atoms with Gasteiger partial charge in [0.15, 0.2) is 0 Å². The molecule has 176 valence electrons. The first kappa shape index (κ1) is 23.9. The van der Waals surface area contributed by atoms with Crippen molar-refractivity contribution in [2.24, 2.45) is 11.7 Å². The number of benzene rings is 3. The van der Waals surface area contributed by atoms with Gasteiger partial charge in [-0.25, -0.2) is 8.78 Å². The molecule has 0 unspecified atom stereocenters. The minimum Gasteiger partial charge on any atom is -0.456 e. The summed E-state index contributed by atoms with van der Waals surface area (Å²) in [7, 11) is 0. The molecule has 1 saturated carbocycles. The van der Waals surface area contributed by atoms with Crippen LogP contribution in [0.25, 0.3) is 0 Å². The maximum atomic E-state index is 14.4. The van der Waals surface area contributed by atoms with Crippen molar-refractivity contribution in [2.45, 2.75) is 25.7 Å². The van der Waals surface area contributed by atoms with Crippen molar-refractivity contribution in [1.29, 1.82) is 0 Å². The van der Waals surface area contributed by atoms with Gasteiger partial charge >= 0.3 is 0 Å². The summed E-state index contributed by atoms with van der Waals surface area (Å²) in [5.74, 6) is -2.09. The molecule has 0 saturated heterocycles. The number of halogens is 3. The maximum absolute atomic E-state index is 14.4. The lowest BCUT2D eigenvalue weighted by Gasteiger charge is -2.16. The van der Waals surface area contributed by atoms with Gasteiger partial charge in [-0.15, -0.1) is 0 Å². The van der Waals surface area contributed by atoms with E-state index < -0.39 is 17.5 Å². The van der Waals surface area contributed by atoms with Gasteiger partial charge in [0.1, 0.15) is 28.7 Å². The number of nitrogens with two attached hydrogens (primary N) is 1. The number of carbonyl (C=O) groups is 2. The molecule has 0 spiro atoms. The van der Waals surface area contributed by atoms with Gasteiger partial charge in [-0.1, -0.05) is 18.9 Å². The summed E-state index contributed by atoms with van der Waals surface area (Å²) >= 11 is 1.97. The molecule has 6 nitrogen and oxygen atoms in total. The molecule has 9 heteroatoms. The number of nitrogens with one attached hydrogen (secondary N) is 2. The van der Waals surface area contributed by atoms with Crippen LogP contribution in [0.5, 0.6) is 11.5 Å². The molecule has 0 aliphatic heterocycles. The van der Waals surface area contributed by atoms with Crippen molar-refractivity contribution in [1.82, 2.24) is 0 Å². The first-order valence-electron chi connectivity index (χ1n) is 10.7. The van der Waals surface area contributed by atoms with Gasteiger partial charge in [-0.05, 0) is 71.8 Å². The van der Waals surface area contributed by atoms with Gasteiger partial charge in [0.05, 0.1) is 11.4 Å². The second-order valence-electron chi connectivity index (χ2n) is 8.04. The normalized spacial score (nSPS) is 13.5. The Morgan fingerprint density at radius 1 is 1.00 bits per heavy atom. The molecule has 3 aromatic rings. The van der Waals surface area contributed by atoms with E-state index in [4.69, 9.17) is 10.5 Å². The van der Waals surface area contributed by atoms with E-state index >= 15 is 0 Å². The first-order valence-corrected chi connectivity index (χ1v) is 11.8. The zero-order valence-corrected chi connectivity index (χ0v) is 20.2. The second kappa shape index (κ2) is 10.4. The van der Waals surface area contributed by atoms with E-state index in [1.165, 1.54) is 12.1 Å². The number of carbonyl (C=O) groups excluding carboxylic acids is 2. The van der Waals surface area contributed by atoms with E-state index in [0.717, 1.165) is 37.8 Å². The van der Waals surface area contributed by atoms with E-state index in [0.29, 0.717) is 9.26 Å². The summed E-state index contributed by atoms with van der Waals surface area (Å²) in [4.78, 5) is 24.7. The van der Waals surface area contributed by atoms with Gasteiger partial charge in [0, 0.05) is 27.3 Å². The van der Waals surface area contributed by atoms with Gasteiger partial charge in [0.25, 0.3) is 5.91 Å². The number of primary amides is 1. The Morgan fingerprint density at radius 2 is 1.76 bits per heavy atom. The topological polar surface area (TPSA) is 93.5 Å². The molecule has 0 radical (unpaired) electrons. The zero-order chi connectivity index (χ0) is 24.2. The summed E-state index contributed by atoms with van der Waals surface area (Å²) in [5, 5.41) is 5.60. The third-order valence-corrected chi connectivity index (χ3v) is 6.24.